The molecule has 0 saturated carbocycles. The van der Waals surface area contributed by atoms with Gasteiger partial charge in [0.25, 0.3) is 5.91 Å². The number of aryl methyl sites for hydroxylation is 1. The van der Waals surface area contributed by atoms with E-state index in [2.05, 4.69) is 5.10 Å². The maximum atomic E-state index is 12.9. The molecule has 6 nitrogen and oxygen atoms in total. The highest BCUT2D eigenvalue weighted by Crippen LogP contribution is 2.46. The van der Waals surface area contributed by atoms with E-state index in [0.717, 1.165) is 0 Å². The van der Waals surface area contributed by atoms with Crippen LogP contribution in [0.25, 0.3) is 5.69 Å². The highest BCUT2D eigenvalue weighted by Gasteiger charge is 2.52. The predicted molar refractivity (Wildman–Crippen MR) is 101 cm³/mol. The van der Waals surface area contributed by atoms with Gasteiger partial charge in [-0.2, -0.15) is 5.10 Å². The molecule has 0 aliphatic carbocycles. The van der Waals surface area contributed by atoms with E-state index in [1.54, 1.807) is 56.4 Å². The largest absolute Gasteiger partial charge is 0.383 e. The number of likely N-dealkylation sites (N-methyl/N-ethyl adjacent to an activating group) is 1. The molecule has 3 aromatic rings. The first kappa shape index (κ1) is 16.6. The number of aromatic nitrogens is 2. The number of nitrogens with zero attached hydrogens (tertiary/aromatic N) is 3. The first-order valence-electron chi connectivity index (χ1n) is 8.07. The fraction of sp³-hybridized carbons (Fsp3) is 0.158. The molecule has 4 rings (SSSR count). The van der Waals surface area contributed by atoms with Gasteiger partial charge >= 0.3 is 0 Å². The van der Waals surface area contributed by atoms with Crippen molar-refractivity contribution in [1.82, 2.24) is 9.78 Å². The number of halogens is 1. The molecule has 1 amide bonds. The van der Waals surface area contributed by atoms with Gasteiger partial charge in [0.1, 0.15) is 5.82 Å². The van der Waals surface area contributed by atoms with Crippen molar-refractivity contribution < 1.29 is 9.90 Å². The van der Waals surface area contributed by atoms with E-state index in [-0.39, 0.29) is 5.82 Å². The minimum Gasteiger partial charge on any atom is -0.383 e. The summed E-state index contributed by atoms with van der Waals surface area (Å²) in [6.45, 7) is 1.73. The normalized spacial score (nSPS) is 19.1. The van der Waals surface area contributed by atoms with Gasteiger partial charge in [-0.05, 0) is 37.3 Å². The van der Waals surface area contributed by atoms with E-state index in [0.29, 0.717) is 33.2 Å². The zero-order valence-corrected chi connectivity index (χ0v) is 15.0. The third kappa shape index (κ3) is 2.09. The highest BCUT2D eigenvalue weighted by atomic mass is 35.5. The number of hydrogen-bond acceptors (Lipinski definition) is 4. The quantitative estimate of drug-likeness (QED) is 0.728. The topological polar surface area (TPSA) is 84.4 Å². The molecule has 3 N–H and O–H groups in total. The lowest BCUT2D eigenvalue weighted by molar-refractivity contribution is -0.131. The third-order valence-corrected chi connectivity index (χ3v) is 5.05. The number of nitrogen functional groups attached to an aromatic ring is 1. The standard InChI is InChI=1S/C19H17ClN4O2/c1-11-16(17(21)24(22-11)13-9-7-12(20)8-10-13)19(26)14-5-3-4-6-15(14)23(2)18(19)25/h3-10,26H,21H2,1-2H3/t19-/m1/s1. The van der Waals surface area contributed by atoms with Crippen LogP contribution in [0, 0.1) is 6.92 Å². The van der Waals surface area contributed by atoms with Gasteiger partial charge in [-0.3, -0.25) is 4.79 Å². The summed E-state index contributed by atoms with van der Waals surface area (Å²) in [4.78, 5) is 14.4. The Bertz CT molecular complexity index is 1030. The smallest absolute Gasteiger partial charge is 0.268 e. The Labute approximate surface area is 155 Å². The van der Waals surface area contributed by atoms with Crippen LogP contribution in [0.2, 0.25) is 5.02 Å². The van der Waals surface area contributed by atoms with Crippen LogP contribution < -0.4 is 10.6 Å². The lowest BCUT2D eigenvalue weighted by atomic mass is 9.87. The van der Waals surface area contributed by atoms with Gasteiger partial charge in [0.2, 0.25) is 5.60 Å². The Morgan fingerprint density at radius 2 is 1.81 bits per heavy atom. The third-order valence-electron chi connectivity index (χ3n) is 4.80. The first-order chi connectivity index (χ1) is 12.4. The predicted octanol–water partition coefficient (Wildman–Crippen LogP) is 2.63. The maximum Gasteiger partial charge on any atom is 0.268 e. The zero-order valence-electron chi connectivity index (χ0n) is 14.3. The number of para-hydroxylation sites is 1. The number of aliphatic hydroxyl groups is 1. The second-order valence-corrected chi connectivity index (χ2v) is 6.76. The average molecular weight is 369 g/mol. The number of rotatable bonds is 2. The van der Waals surface area contributed by atoms with Crippen LogP contribution in [0.15, 0.2) is 48.5 Å². The second-order valence-electron chi connectivity index (χ2n) is 6.33. The maximum absolute atomic E-state index is 12.9. The molecule has 1 atom stereocenters. The molecule has 2 aromatic carbocycles. The minimum atomic E-state index is -1.87. The summed E-state index contributed by atoms with van der Waals surface area (Å²) in [7, 11) is 1.63. The van der Waals surface area contributed by atoms with Gasteiger partial charge in [0, 0.05) is 17.6 Å². The lowest BCUT2D eigenvalue weighted by Crippen LogP contribution is -2.40. The Kier molecular flexibility index (Phi) is 3.57. The minimum absolute atomic E-state index is 0.214. The van der Waals surface area contributed by atoms with Crippen LogP contribution in [0.1, 0.15) is 16.8 Å². The van der Waals surface area contributed by atoms with E-state index < -0.39 is 11.5 Å². The Morgan fingerprint density at radius 3 is 2.50 bits per heavy atom. The molecule has 0 spiro atoms. The van der Waals surface area contributed by atoms with Crippen LogP contribution in [-0.4, -0.2) is 27.8 Å². The number of carbonyl (C=O) groups excluding carboxylic acids is 1. The van der Waals surface area contributed by atoms with Crippen LogP contribution in [-0.2, 0) is 10.4 Å². The number of hydrogen-bond donors (Lipinski definition) is 2. The molecular weight excluding hydrogens is 352 g/mol. The van der Waals surface area contributed by atoms with Crippen molar-refractivity contribution in [2.75, 3.05) is 17.7 Å². The molecule has 1 aliphatic heterocycles. The van der Waals surface area contributed by atoms with Crippen molar-refractivity contribution in [3.8, 4) is 5.69 Å². The van der Waals surface area contributed by atoms with E-state index in [9.17, 15) is 9.90 Å². The monoisotopic (exact) mass is 368 g/mol. The zero-order chi connectivity index (χ0) is 18.6. The van der Waals surface area contributed by atoms with Gasteiger partial charge in [-0.25, -0.2) is 4.68 Å². The van der Waals surface area contributed by atoms with Crippen LogP contribution in [0.5, 0.6) is 0 Å². The van der Waals surface area contributed by atoms with Gasteiger partial charge in [0.05, 0.1) is 22.6 Å². The molecule has 1 aromatic heterocycles. The Balaban J connectivity index is 1.94. The molecule has 7 heteroatoms. The summed E-state index contributed by atoms with van der Waals surface area (Å²) in [6.07, 6.45) is 0. The van der Waals surface area contributed by atoms with Gasteiger partial charge in [0.15, 0.2) is 0 Å². The number of nitrogens with two attached hydrogens (primary N) is 1. The van der Waals surface area contributed by atoms with Gasteiger partial charge in [-0.15, -0.1) is 0 Å². The average Bonchev–Trinajstić information content (AvgIpc) is 3.04. The summed E-state index contributed by atoms with van der Waals surface area (Å²) in [5, 5.41) is 16.5. The lowest BCUT2D eigenvalue weighted by Gasteiger charge is -2.22. The molecule has 26 heavy (non-hydrogen) atoms. The highest BCUT2D eigenvalue weighted by molar-refractivity contribution is 6.30. The summed E-state index contributed by atoms with van der Waals surface area (Å²) < 4.78 is 1.51. The summed E-state index contributed by atoms with van der Waals surface area (Å²) in [5.74, 6) is -0.241. The molecule has 0 saturated heterocycles. The second kappa shape index (κ2) is 5.59. The van der Waals surface area contributed by atoms with Crippen molar-refractivity contribution in [3.63, 3.8) is 0 Å². The molecule has 0 fully saturated rings. The first-order valence-corrected chi connectivity index (χ1v) is 8.45. The van der Waals surface area contributed by atoms with E-state index in [1.807, 2.05) is 6.07 Å². The number of fused-ring (bicyclic) bond motifs is 1. The molecule has 0 unspecified atom stereocenters. The molecule has 132 valence electrons. The number of anilines is 2. The van der Waals surface area contributed by atoms with Crippen LogP contribution >= 0.6 is 11.6 Å². The summed E-state index contributed by atoms with van der Waals surface area (Å²) in [6, 6.07) is 14.1. The molecular formula is C19H17ClN4O2. The molecule has 0 radical (unpaired) electrons. The van der Waals surface area contributed by atoms with E-state index in [1.165, 1.54) is 9.58 Å². The van der Waals surface area contributed by atoms with Crippen LogP contribution in [0.4, 0.5) is 11.5 Å². The SMILES string of the molecule is Cc1nn(-c2ccc(Cl)cc2)c(N)c1[C@@]1(O)C(=O)N(C)c2ccccc21. The summed E-state index contributed by atoms with van der Waals surface area (Å²) >= 11 is 5.94. The number of benzene rings is 2. The van der Waals surface area contributed by atoms with Crippen molar-refractivity contribution >= 4 is 29.0 Å². The fourth-order valence-corrected chi connectivity index (χ4v) is 3.68. The van der Waals surface area contributed by atoms with Crippen LogP contribution in [0.3, 0.4) is 0 Å². The molecule has 2 heterocycles. The van der Waals surface area contributed by atoms with E-state index in [4.69, 9.17) is 17.3 Å². The number of amides is 1. The van der Waals surface area contributed by atoms with Crippen molar-refractivity contribution in [1.29, 1.82) is 0 Å². The van der Waals surface area contributed by atoms with Crippen molar-refractivity contribution in [2.45, 2.75) is 12.5 Å². The summed E-state index contributed by atoms with van der Waals surface area (Å²) in [5.41, 5.74) is 7.10. The fourth-order valence-electron chi connectivity index (χ4n) is 3.55. The van der Waals surface area contributed by atoms with Gasteiger partial charge in [-0.1, -0.05) is 29.8 Å². The Hall–Kier alpha value is -2.83. The van der Waals surface area contributed by atoms with Gasteiger partial charge < -0.3 is 15.7 Å². The molecule has 1 aliphatic rings. The van der Waals surface area contributed by atoms with Crippen molar-refractivity contribution in [2.24, 2.45) is 0 Å². The molecule has 0 bridgehead atoms. The van der Waals surface area contributed by atoms with Crippen molar-refractivity contribution in [3.05, 3.63) is 70.4 Å². The Morgan fingerprint density at radius 1 is 1.15 bits per heavy atom. The van der Waals surface area contributed by atoms with E-state index >= 15 is 0 Å². The number of carbonyl (C=O) groups is 1.